The summed E-state index contributed by atoms with van der Waals surface area (Å²) in [4.78, 5) is 11.5. The van der Waals surface area contributed by atoms with Crippen molar-refractivity contribution in [2.45, 2.75) is 50.7 Å². The Morgan fingerprint density at radius 2 is 2.19 bits per heavy atom. The number of hydrogen-bond acceptors (Lipinski definition) is 4. The van der Waals surface area contributed by atoms with Crippen LogP contribution in [0.2, 0.25) is 0 Å². The third-order valence-electron chi connectivity index (χ3n) is 4.16. The first-order valence-electron chi connectivity index (χ1n) is 7.41. The summed E-state index contributed by atoms with van der Waals surface area (Å²) in [5.41, 5.74) is 11.7. The number of methoxy groups -OCH3 is 1. The highest BCUT2D eigenvalue weighted by Crippen LogP contribution is 2.34. The van der Waals surface area contributed by atoms with Crippen molar-refractivity contribution in [3.05, 3.63) is 23.8 Å². The summed E-state index contributed by atoms with van der Waals surface area (Å²) >= 11 is 0. The average molecular weight is 292 g/mol. The van der Waals surface area contributed by atoms with Crippen molar-refractivity contribution in [3.8, 4) is 11.5 Å². The third-order valence-corrected chi connectivity index (χ3v) is 4.16. The van der Waals surface area contributed by atoms with Gasteiger partial charge >= 0.3 is 0 Å². The van der Waals surface area contributed by atoms with Gasteiger partial charge in [-0.15, -0.1) is 0 Å². The summed E-state index contributed by atoms with van der Waals surface area (Å²) in [5, 5.41) is 0. The molecule has 0 aromatic heterocycles. The molecule has 116 valence electrons. The van der Waals surface area contributed by atoms with E-state index in [1.54, 1.807) is 7.11 Å². The fourth-order valence-corrected chi connectivity index (χ4v) is 2.79. The van der Waals surface area contributed by atoms with Crippen LogP contribution >= 0.6 is 0 Å². The molecule has 21 heavy (non-hydrogen) atoms. The zero-order valence-corrected chi connectivity index (χ0v) is 12.7. The van der Waals surface area contributed by atoms with Crippen molar-refractivity contribution in [2.24, 2.45) is 11.5 Å². The molecule has 2 atom stereocenters. The first-order valence-corrected chi connectivity index (χ1v) is 7.41. The van der Waals surface area contributed by atoms with E-state index in [0.29, 0.717) is 24.3 Å². The maximum absolute atomic E-state index is 11.5. The van der Waals surface area contributed by atoms with Crippen LogP contribution in [0.5, 0.6) is 11.5 Å². The molecule has 1 amide bonds. The molecule has 1 aliphatic carbocycles. The minimum Gasteiger partial charge on any atom is -0.493 e. The van der Waals surface area contributed by atoms with Gasteiger partial charge in [0.1, 0.15) is 6.10 Å². The number of hydrogen-bond donors (Lipinski definition) is 2. The van der Waals surface area contributed by atoms with Crippen LogP contribution in [0.1, 0.15) is 38.2 Å². The minimum atomic E-state index is -0.959. The Hall–Kier alpha value is -1.75. The largest absolute Gasteiger partial charge is 0.493 e. The fourth-order valence-electron chi connectivity index (χ4n) is 2.79. The van der Waals surface area contributed by atoms with Gasteiger partial charge in [0.25, 0.3) is 0 Å². The van der Waals surface area contributed by atoms with Crippen LogP contribution in [0.25, 0.3) is 0 Å². The zero-order valence-electron chi connectivity index (χ0n) is 12.7. The molecule has 0 bridgehead atoms. The van der Waals surface area contributed by atoms with E-state index < -0.39 is 11.4 Å². The Bertz CT molecular complexity index is 518. The summed E-state index contributed by atoms with van der Waals surface area (Å²) in [7, 11) is 1.62. The topological polar surface area (TPSA) is 87.6 Å². The Morgan fingerprint density at radius 3 is 2.81 bits per heavy atom. The molecule has 1 aliphatic rings. The zero-order chi connectivity index (χ0) is 15.5. The second kappa shape index (κ2) is 6.35. The summed E-state index contributed by atoms with van der Waals surface area (Å²) in [6.45, 7) is 2.09. The van der Waals surface area contributed by atoms with Crippen LogP contribution in [-0.2, 0) is 11.2 Å². The first kappa shape index (κ1) is 15.6. The van der Waals surface area contributed by atoms with Gasteiger partial charge in [-0.3, -0.25) is 4.79 Å². The van der Waals surface area contributed by atoms with Crippen molar-refractivity contribution in [3.63, 3.8) is 0 Å². The van der Waals surface area contributed by atoms with E-state index in [2.05, 4.69) is 6.92 Å². The molecule has 0 heterocycles. The summed E-state index contributed by atoms with van der Waals surface area (Å²) in [6, 6.07) is 5.90. The van der Waals surface area contributed by atoms with Crippen LogP contribution in [0.4, 0.5) is 0 Å². The number of rotatable bonds is 5. The lowest BCUT2D eigenvalue weighted by molar-refractivity contribution is -0.125. The summed E-state index contributed by atoms with van der Waals surface area (Å²) in [5.74, 6) is 0.944. The van der Waals surface area contributed by atoms with Gasteiger partial charge in [0.05, 0.1) is 12.6 Å². The van der Waals surface area contributed by atoms with Gasteiger partial charge < -0.3 is 20.9 Å². The van der Waals surface area contributed by atoms with Gasteiger partial charge in [-0.05, 0) is 43.4 Å². The maximum atomic E-state index is 11.5. The number of nitrogens with two attached hydrogens (primary N) is 2. The van der Waals surface area contributed by atoms with E-state index >= 15 is 0 Å². The molecule has 1 aromatic rings. The monoisotopic (exact) mass is 292 g/mol. The van der Waals surface area contributed by atoms with Gasteiger partial charge in [-0.2, -0.15) is 0 Å². The van der Waals surface area contributed by atoms with Crippen molar-refractivity contribution < 1.29 is 14.3 Å². The van der Waals surface area contributed by atoms with Gasteiger partial charge in [0.15, 0.2) is 11.5 Å². The molecular weight excluding hydrogens is 268 g/mol. The number of amides is 1. The number of carbonyl (C=O) groups is 1. The van der Waals surface area contributed by atoms with Crippen molar-refractivity contribution >= 4 is 5.91 Å². The number of carbonyl (C=O) groups excluding carboxylic acids is 1. The number of ether oxygens (including phenoxy) is 2. The van der Waals surface area contributed by atoms with Crippen LogP contribution in [0.3, 0.4) is 0 Å². The fraction of sp³-hybridized carbons (Fsp3) is 0.562. The molecule has 1 fully saturated rings. The number of benzene rings is 1. The lowest BCUT2D eigenvalue weighted by Crippen LogP contribution is -2.56. The molecule has 4 N–H and O–H groups in total. The molecule has 0 saturated heterocycles. The molecule has 1 aromatic carbocycles. The van der Waals surface area contributed by atoms with Crippen LogP contribution in [0.15, 0.2) is 18.2 Å². The van der Waals surface area contributed by atoms with Crippen molar-refractivity contribution in [1.82, 2.24) is 0 Å². The normalized spacial score (nSPS) is 25.4. The van der Waals surface area contributed by atoms with E-state index in [0.717, 1.165) is 19.3 Å². The predicted molar refractivity (Wildman–Crippen MR) is 81.4 cm³/mol. The minimum absolute atomic E-state index is 0.113. The Balaban J connectivity index is 2.12. The Kier molecular flexibility index (Phi) is 4.73. The second-order valence-corrected chi connectivity index (χ2v) is 5.70. The molecule has 0 radical (unpaired) electrons. The van der Waals surface area contributed by atoms with Gasteiger partial charge in [0.2, 0.25) is 5.91 Å². The molecule has 5 nitrogen and oxygen atoms in total. The standard InChI is InChI=1S/C16H24N2O3/c1-3-11-6-7-13(14(9-11)20-2)21-12-5-4-8-16(18,10-12)15(17)19/h6-7,9,12H,3-5,8,10,18H2,1-2H3,(H2,17,19). The van der Waals surface area contributed by atoms with Gasteiger partial charge in [-0.1, -0.05) is 13.0 Å². The molecule has 0 spiro atoms. The molecule has 0 aliphatic heterocycles. The smallest absolute Gasteiger partial charge is 0.237 e. The summed E-state index contributed by atoms with van der Waals surface area (Å²) < 4.78 is 11.4. The number of aryl methyl sites for hydroxylation is 1. The lowest BCUT2D eigenvalue weighted by Gasteiger charge is -2.35. The Morgan fingerprint density at radius 1 is 1.43 bits per heavy atom. The highest BCUT2D eigenvalue weighted by atomic mass is 16.5. The second-order valence-electron chi connectivity index (χ2n) is 5.70. The third kappa shape index (κ3) is 3.47. The molecule has 1 saturated carbocycles. The van der Waals surface area contributed by atoms with Gasteiger partial charge in [0, 0.05) is 6.42 Å². The van der Waals surface area contributed by atoms with E-state index in [9.17, 15) is 4.79 Å². The SMILES string of the molecule is CCc1ccc(OC2CCCC(N)(C(N)=O)C2)c(OC)c1. The van der Waals surface area contributed by atoms with Crippen LogP contribution in [-0.4, -0.2) is 24.7 Å². The quantitative estimate of drug-likeness (QED) is 0.865. The van der Waals surface area contributed by atoms with E-state index in [1.807, 2.05) is 18.2 Å². The highest BCUT2D eigenvalue weighted by Gasteiger charge is 2.38. The molecule has 5 heteroatoms. The number of primary amides is 1. The summed E-state index contributed by atoms with van der Waals surface area (Å²) in [6.07, 6.45) is 3.59. The van der Waals surface area contributed by atoms with Gasteiger partial charge in [-0.25, -0.2) is 0 Å². The van der Waals surface area contributed by atoms with Crippen molar-refractivity contribution in [1.29, 1.82) is 0 Å². The van der Waals surface area contributed by atoms with Crippen LogP contribution in [0, 0.1) is 0 Å². The van der Waals surface area contributed by atoms with Crippen LogP contribution < -0.4 is 20.9 Å². The molecular formula is C16H24N2O3. The van der Waals surface area contributed by atoms with E-state index in [4.69, 9.17) is 20.9 Å². The highest BCUT2D eigenvalue weighted by molar-refractivity contribution is 5.84. The van der Waals surface area contributed by atoms with E-state index in [-0.39, 0.29) is 6.10 Å². The predicted octanol–water partition coefficient (Wildman–Crippen LogP) is 1.76. The molecule has 2 unspecified atom stereocenters. The van der Waals surface area contributed by atoms with E-state index in [1.165, 1.54) is 5.56 Å². The first-order chi connectivity index (χ1) is 9.98. The molecule has 2 rings (SSSR count). The Labute approximate surface area is 125 Å². The maximum Gasteiger partial charge on any atom is 0.237 e. The van der Waals surface area contributed by atoms with Crippen molar-refractivity contribution in [2.75, 3.05) is 7.11 Å². The average Bonchev–Trinajstić information content (AvgIpc) is 2.47. The lowest BCUT2D eigenvalue weighted by atomic mass is 9.80.